The molecular formula is C22H27N5O2. The average molecular weight is 393 g/mol. The van der Waals surface area contributed by atoms with E-state index >= 15 is 0 Å². The van der Waals surface area contributed by atoms with Crippen molar-refractivity contribution in [2.75, 3.05) is 16.8 Å². The molecule has 7 heteroatoms. The Balaban J connectivity index is 1.68. The number of benzene rings is 1. The summed E-state index contributed by atoms with van der Waals surface area (Å²) >= 11 is 0. The zero-order valence-electron chi connectivity index (χ0n) is 17.3. The van der Waals surface area contributed by atoms with Crippen LogP contribution < -0.4 is 10.2 Å². The van der Waals surface area contributed by atoms with E-state index in [1.165, 1.54) is 5.56 Å². The molecule has 0 unspecified atom stereocenters. The van der Waals surface area contributed by atoms with Crippen LogP contribution in [0.5, 0.6) is 0 Å². The van der Waals surface area contributed by atoms with Crippen LogP contribution in [0, 0.1) is 5.92 Å². The lowest BCUT2D eigenvalue weighted by atomic mass is 10.0. The van der Waals surface area contributed by atoms with Gasteiger partial charge in [-0.3, -0.25) is 4.90 Å². The van der Waals surface area contributed by atoms with Crippen LogP contribution in [0.3, 0.4) is 0 Å². The van der Waals surface area contributed by atoms with E-state index in [2.05, 4.69) is 67.2 Å². The third-order valence-electron chi connectivity index (χ3n) is 5.52. The molecule has 1 saturated heterocycles. The molecule has 2 aromatic heterocycles. The van der Waals surface area contributed by atoms with E-state index in [-0.39, 0.29) is 24.1 Å². The highest BCUT2D eigenvalue weighted by atomic mass is 16.6. The molecule has 4 rings (SSSR count). The normalized spacial score (nSPS) is 17.8. The van der Waals surface area contributed by atoms with Crippen molar-refractivity contribution in [3.63, 3.8) is 0 Å². The largest absolute Gasteiger partial charge is 0.447 e. The first-order valence-electron chi connectivity index (χ1n) is 10.1. The Labute approximate surface area is 170 Å². The van der Waals surface area contributed by atoms with Gasteiger partial charge in [-0.15, -0.1) is 0 Å². The molecule has 1 amide bonds. The van der Waals surface area contributed by atoms with Crippen molar-refractivity contribution in [1.29, 1.82) is 0 Å². The molecule has 0 spiro atoms. The second-order valence-electron chi connectivity index (χ2n) is 7.83. The van der Waals surface area contributed by atoms with Crippen molar-refractivity contribution in [3.8, 4) is 0 Å². The van der Waals surface area contributed by atoms with Crippen molar-refractivity contribution < 1.29 is 9.53 Å². The highest BCUT2D eigenvalue weighted by Gasteiger charge is 2.38. The number of ether oxygens (including phenoxy) is 1. The number of anilines is 2. The minimum Gasteiger partial charge on any atom is -0.447 e. The van der Waals surface area contributed by atoms with Gasteiger partial charge in [0.2, 0.25) is 5.95 Å². The first-order valence-corrected chi connectivity index (χ1v) is 10.1. The second kappa shape index (κ2) is 7.73. The van der Waals surface area contributed by atoms with Gasteiger partial charge in [0.25, 0.3) is 0 Å². The van der Waals surface area contributed by atoms with Crippen molar-refractivity contribution in [2.24, 2.45) is 5.92 Å². The van der Waals surface area contributed by atoms with Crippen molar-refractivity contribution in [3.05, 3.63) is 47.7 Å². The minimum atomic E-state index is -0.368. The summed E-state index contributed by atoms with van der Waals surface area (Å²) in [5, 5.41) is 3.39. The Kier molecular flexibility index (Phi) is 5.13. The predicted octanol–water partition coefficient (Wildman–Crippen LogP) is 4.67. The van der Waals surface area contributed by atoms with E-state index in [1.54, 1.807) is 4.90 Å². The summed E-state index contributed by atoms with van der Waals surface area (Å²) in [4.78, 5) is 26.6. The number of amides is 1. The maximum absolute atomic E-state index is 12.5. The zero-order valence-corrected chi connectivity index (χ0v) is 17.3. The summed E-state index contributed by atoms with van der Waals surface area (Å²) in [5.41, 5.74) is 3.95. The summed E-state index contributed by atoms with van der Waals surface area (Å²) in [6.45, 7) is 8.74. The quantitative estimate of drug-likeness (QED) is 0.636. The monoisotopic (exact) mass is 393 g/mol. The third-order valence-corrected chi connectivity index (χ3v) is 5.52. The van der Waals surface area contributed by atoms with Crippen LogP contribution in [0.15, 0.2) is 36.5 Å². The summed E-state index contributed by atoms with van der Waals surface area (Å²) in [6, 6.07) is 10.4. The smallest absolute Gasteiger partial charge is 0.416 e. The van der Waals surface area contributed by atoms with Crippen LogP contribution in [0.25, 0.3) is 11.0 Å². The number of hydrogen-bond acceptors (Lipinski definition) is 5. The van der Waals surface area contributed by atoms with Crippen molar-refractivity contribution in [1.82, 2.24) is 15.0 Å². The zero-order chi connectivity index (χ0) is 20.5. The molecule has 1 aliphatic heterocycles. The van der Waals surface area contributed by atoms with E-state index < -0.39 is 0 Å². The van der Waals surface area contributed by atoms with E-state index in [0.29, 0.717) is 18.4 Å². The Hall–Kier alpha value is -3.09. The fourth-order valence-electron chi connectivity index (χ4n) is 3.66. The SMILES string of the molecule is CCc1ccc([C@H](C)Nc2nc(N3C(=O)OC[C@@H]3C(C)C)c3[nH]ccc3n2)cc1. The number of rotatable bonds is 6. The fourth-order valence-corrected chi connectivity index (χ4v) is 3.66. The molecule has 2 atom stereocenters. The number of aromatic nitrogens is 3. The molecule has 0 bridgehead atoms. The molecule has 152 valence electrons. The molecular weight excluding hydrogens is 366 g/mol. The maximum atomic E-state index is 12.5. The number of fused-ring (bicyclic) bond motifs is 1. The lowest BCUT2D eigenvalue weighted by Crippen LogP contribution is -2.38. The topological polar surface area (TPSA) is 83.1 Å². The van der Waals surface area contributed by atoms with Gasteiger partial charge in [0.1, 0.15) is 12.1 Å². The number of hydrogen-bond donors (Lipinski definition) is 2. The van der Waals surface area contributed by atoms with Gasteiger partial charge in [-0.05, 0) is 36.5 Å². The van der Waals surface area contributed by atoms with Gasteiger partial charge in [-0.2, -0.15) is 4.98 Å². The molecule has 3 aromatic rings. The van der Waals surface area contributed by atoms with Crippen LogP contribution in [0.1, 0.15) is 44.9 Å². The molecule has 1 aromatic carbocycles. The molecule has 1 fully saturated rings. The number of nitrogens with one attached hydrogen (secondary N) is 2. The summed E-state index contributed by atoms with van der Waals surface area (Å²) < 4.78 is 5.32. The summed E-state index contributed by atoms with van der Waals surface area (Å²) in [5.74, 6) is 1.28. The van der Waals surface area contributed by atoms with Gasteiger partial charge in [-0.25, -0.2) is 9.78 Å². The van der Waals surface area contributed by atoms with E-state index in [1.807, 2.05) is 12.3 Å². The predicted molar refractivity (Wildman–Crippen MR) is 114 cm³/mol. The van der Waals surface area contributed by atoms with Crippen LogP contribution in [0.2, 0.25) is 0 Å². The van der Waals surface area contributed by atoms with E-state index in [9.17, 15) is 4.79 Å². The van der Waals surface area contributed by atoms with Crippen LogP contribution in [-0.2, 0) is 11.2 Å². The number of carbonyl (C=O) groups excluding carboxylic acids is 1. The van der Waals surface area contributed by atoms with Gasteiger partial charge < -0.3 is 15.0 Å². The standard InChI is InChI=1S/C22H27N5O2/c1-5-15-6-8-16(9-7-15)14(4)24-21-25-17-10-11-23-19(17)20(26-21)27-18(13(2)3)12-29-22(27)28/h6-11,13-14,18,23H,5,12H2,1-4H3,(H,24,25,26)/t14-,18+/m0/s1. The molecule has 1 aliphatic rings. The Morgan fingerprint density at radius 1 is 1.21 bits per heavy atom. The van der Waals surface area contributed by atoms with Crippen LogP contribution >= 0.6 is 0 Å². The van der Waals surface area contributed by atoms with Gasteiger partial charge in [0, 0.05) is 6.20 Å². The lowest BCUT2D eigenvalue weighted by Gasteiger charge is -2.24. The van der Waals surface area contributed by atoms with Crippen LogP contribution in [0.4, 0.5) is 16.6 Å². The average Bonchev–Trinajstić information content (AvgIpc) is 3.34. The number of H-pyrrole nitrogens is 1. The van der Waals surface area contributed by atoms with Crippen molar-refractivity contribution >= 4 is 28.9 Å². The molecule has 0 radical (unpaired) electrons. The first kappa shape index (κ1) is 19.2. The second-order valence-corrected chi connectivity index (χ2v) is 7.83. The Morgan fingerprint density at radius 2 is 1.97 bits per heavy atom. The Morgan fingerprint density at radius 3 is 2.66 bits per heavy atom. The van der Waals surface area contributed by atoms with Gasteiger partial charge in [-0.1, -0.05) is 45.0 Å². The highest BCUT2D eigenvalue weighted by molar-refractivity contribution is 5.98. The maximum Gasteiger partial charge on any atom is 0.416 e. The first-order chi connectivity index (χ1) is 14.0. The van der Waals surface area contributed by atoms with Gasteiger partial charge >= 0.3 is 6.09 Å². The van der Waals surface area contributed by atoms with Crippen LogP contribution in [-0.4, -0.2) is 33.7 Å². The third kappa shape index (κ3) is 3.64. The minimum absolute atomic E-state index is 0.0246. The number of aryl methyl sites for hydroxylation is 1. The van der Waals surface area contributed by atoms with Crippen molar-refractivity contribution in [2.45, 2.75) is 46.2 Å². The fraction of sp³-hybridized carbons (Fsp3) is 0.409. The van der Waals surface area contributed by atoms with E-state index in [4.69, 9.17) is 9.72 Å². The summed E-state index contributed by atoms with van der Waals surface area (Å²) in [7, 11) is 0. The summed E-state index contributed by atoms with van der Waals surface area (Å²) in [6.07, 6.45) is 2.46. The molecule has 29 heavy (non-hydrogen) atoms. The van der Waals surface area contributed by atoms with Gasteiger partial charge in [0.05, 0.1) is 17.6 Å². The Bertz CT molecular complexity index is 1010. The lowest BCUT2D eigenvalue weighted by molar-refractivity contribution is 0.177. The molecule has 7 nitrogen and oxygen atoms in total. The molecule has 0 aliphatic carbocycles. The number of carbonyl (C=O) groups is 1. The molecule has 3 heterocycles. The molecule has 0 saturated carbocycles. The van der Waals surface area contributed by atoms with E-state index in [0.717, 1.165) is 23.0 Å². The highest BCUT2D eigenvalue weighted by Crippen LogP contribution is 2.32. The number of cyclic esters (lactones) is 1. The van der Waals surface area contributed by atoms with Gasteiger partial charge in [0.15, 0.2) is 5.82 Å². The number of aromatic amines is 1. The number of nitrogens with zero attached hydrogens (tertiary/aromatic N) is 3. The molecule has 2 N–H and O–H groups in total.